The van der Waals surface area contributed by atoms with Crippen LogP contribution in [-0.4, -0.2) is 17.7 Å². The first-order valence-electron chi connectivity index (χ1n) is 8.49. The van der Waals surface area contributed by atoms with E-state index in [4.69, 9.17) is 11.6 Å². The molecule has 2 aromatic carbocycles. The molecule has 0 saturated heterocycles. The minimum Gasteiger partial charge on any atom is -0.507 e. The molecule has 0 aromatic heterocycles. The molecule has 0 radical (unpaired) electrons. The van der Waals surface area contributed by atoms with Crippen LogP contribution in [0.15, 0.2) is 42.5 Å². The summed E-state index contributed by atoms with van der Waals surface area (Å²) in [6.45, 7) is 1.04. The van der Waals surface area contributed by atoms with E-state index in [1.54, 1.807) is 0 Å². The van der Waals surface area contributed by atoms with Crippen LogP contribution in [0.4, 0.5) is 0 Å². The van der Waals surface area contributed by atoms with E-state index in [0.717, 1.165) is 17.7 Å². The van der Waals surface area contributed by atoms with Crippen molar-refractivity contribution in [1.82, 2.24) is 5.32 Å². The van der Waals surface area contributed by atoms with Gasteiger partial charge in [0.25, 0.3) is 0 Å². The number of phenolic OH excluding ortho intramolecular Hbond substituents is 1. The van der Waals surface area contributed by atoms with Crippen molar-refractivity contribution in [2.24, 2.45) is 0 Å². The van der Waals surface area contributed by atoms with Crippen LogP contribution in [0.5, 0.6) is 5.75 Å². The molecule has 0 atom stereocenters. The molecule has 2 aromatic rings. The van der Waals surface area contributed by atoms with Gasteiger partial charge in [0.1, 0.15) is 5.75 Å². The average molecular weight is 328 g/mol. The normalized spacial score (nSPS) is 19.3. The van der Waals surface area contributed by atoms with Gasteiger partial charge in [-0.25, -0.2) is 0 Å². The van der Waals surface area contributed by atoms with Crippen LogP contribution < -0.4 is 5.32 Å². The number of nitrogens with one attached hydrogen (secondary N) is 1. The Bertz CT molecular complexity index is 719. The third-order valence-electron chi connectivity index (χ3n) is 5.43. The molecule has 0 unspecified atom stereocenters. The Kier molecular flexibility index (Phi) is 3.82. The van der Waals surface area contributed by atoms with Crippen LogP contribution in [0, 0.1) is 0 Å². The maximum absolute atomic E-state index is 10.5. The van der Waals surface area contributed by atoms with Crippen LogP contribution in [0.1, 0.15) is 37.7 Å². The van der Waals surface area contributed by atoms with Crippen molar-refractivity contribution in [2.45, 2.75) is 43.6 Å². The molecule has 0 heterocycles. The van der Waals surface area contributed by atoms with Crippen molar-refractivity contribution >= 4 is 11.6 Å². The lowest BCUT2D eigenvalue weighted by Gasteiger charge is -2.29. The molecule has 0 amide bonds. The molecule has 120 valence electrons. The summed E-state index contributed by atoms with van der Waals surface area (Å²) in [5.74, 6) is 0.347. The highest BCUT2D eigenvalue weighted by molar-refractivity contribution is 6.30. The monoisotopic (exact) mass is 327 g/mol. The molecule has 0 spiro atoms. The molecule has 0 aliphatic heterocycles. The maximum Gasteiger partial charge on any atom is 0.123 e. The van der Waals surface area contributed by atoms with Crippen LogP contribution in [-0.2, 0) is 5.41 Å². The Balaban J connectivity index is 1.55. The van der Waals surface area contributed by atoms with Gasteiger partial charge < -0.3 is 10.4 Å². The molecule has 3 heteroatoms. The van der Waals surface area contributed by atoms with Crippen molar-refractivity contribution in [2.75, 3.05) is 6.54 Å². The molecule has 2 fully saturated rings. The average Bonchev–Trinajstić information content (AvgIpc) is 3.27. The quantitative estimate of drug-likeness (QED) is 0.819. The molecule has 2 N–H and O–H groups in total. The van der Waals surface area contributed by atoms with E-state index in [-0.39, 0.29) is 5.41 Å². The first kappa shape index (κ1) is 15.0. The van der Waals surface area contributed by atoms with Gasteiger partial charge >= 0.3 is 0 Å². The fourth-order valence-corrected chi connectivity index (χ4v) is 3.62. The summed E-state index contributed by atoms with van der Waals surface area (Å²) in [5, 5.41) is 14.9. The number of rotatable bonds is 5. The van der Waals surface area contributed by atoms with Gasteiger partial charge in [-0.15, -0.1) is 0 Å². The number of hydrogen-bond acceptors (Lipinski definition) is 2. The summed E-state index contributed by atoms with van der Waals surface area (Å²) >= 11 is 6.06. The van der Waals surface area contributed by atoms with E-state index < -0.39 is 0 Å². The molecular formula is C20H22ClNO. The number of benzene rings is 2. The zero-order chi connectivity index (χ0) is 15.9. The van der Waals surface area contributed by atoms with Crippen LogP contribution in [0.2, 0.25) is 5.02 Å². The summed E-state index contributed by atoms with van der Waals surface area (Å²) < 4.78 is 0. The minimum atomic E-state index is 0.236. The fraction of sp³-hybridized carbons (Fsp3) is 0.400. The Labute approximate surface area is 142 Å². The first-order valence-corrected chi connectivity index (χ1v) is 8.87. The number of phenols is 1. The lowest BCUT2D eigenvalue weighted by Crippen LogP contribution is -2.39. The van der Waals surface area contributed by atoms with Crippen molar-refractivity contribution in [1.29, 1.82) is 0 Å². The second-order valence-corrected chi connectivity index (χ2v) is 7.47. The molecule has 23 heavy (non-hydrogen) atoms. The fourth-order valence-electron chi connectivity index (χ4n) is 3.43. The van der Waals surface area contributed by atoms with Crippen molar-refractivity contribution in [3.8, 4) is 16.9 Å². The zero-order valence-corrected chi connectivity index (χ0v) is 13.9. The van der Waals surface area contributed by atoms with Gasteiger partial charge in [0.15, 0.2) is 0 Å². The smallest absolute Gasteiger partial charge is 0.123 e. The minimum absolute atomic E-state index is 0.236. The highest BCUT2D eigenvalue weighted by atomic mass is 35.5. The standard InChI is InChI=1S/C20H22ClNO/c21-16-4-1-3-14(11-16)18-8-7-15(12-19(18)23)20(9-10-20)13-22-17-5-2-6-17/h1,3-4,7-8,11-12,17,22-23H,2,5-6,9-10,13H2. The van der Waals surface area contributed by atoms with Crippen molar-refractivity contribution < 1.29 is 5.11 Å². The van der Waals surface area contributed by atoms with E-state index in [1.165, 1.54) is 37.7 Å². The molecule has 2 aliphatic carbocycles. The summed E-state index contributed by atoms with van der Waals surface area (Å²) in [7, 11) is 0. The topological polar surface area (TPSA) is 32.3 Å². The first-order chi connectivity index (χ1) is 11.2. The number of aromatic hydroxyl groups is 1. The summed E-state index contributed by atoms with van der Waals surface area (Å²) in [4.78, 5) is 0. The molecule has 4 rings (SSSR count). The van der Waals surface area contributed by atoms with Crippen LogP contribution in [0.3, 0.4) is 0 Å². The summed E-state index contributed by atoms with van der Waals surface area (Å²) in [6, 6.07) is 14.5. The second kappa shape index (κ2) is 5.85. The molecule has 0 bridgehead atoms. The lowest BCUT2D eigenvalue weighted by atomic mass is 9.89. The maximum atomic E-state index is 10.5. The molecular weight excluding hydrogens is 306 g/mol. The van der Waals surface area contributed by atoms with E-state index in [2.05, 4.69) is 11.4 Å². The third kappa shape index (κ3) is 2.98. The van der Waals surface area contributed by atoms with Crippen molar-refractivity contribution in [3.05, 3.63) is 53.1 Å². The van der Waals surface area contributed by atoms with Gasteiger partial charge in [-0.2, -0.15) is 0 Å². The van der Waals surface area contributed by atoms with Gasteiger partial charge in [-0.1, -0.05) is 42.3 Å². The van der Waals surface area contributed by atoms with E-state index in [9.17, 15) is 5.11 Å². The van der Waals surface area contributed by atoms with Gasteiger partial charge in [0, 0.05) is 28.6 Å². The van der Waals surface area contributed by atoms with Crippen LogP contribution in [0.25, 0.3) is 11.1 Å². The van der Waals surface area contributed by atoms with Gasteiger partial charge in [0.05, 0.1) is 0 Å². The van der Waals surface area contributed by atoms with E-state index >= 15 is 0 Å². The highest BCUT2D eigenvalue weighted by Gasteiger charge is 2.44. The van der Waals surface area contributed by atoms with Gasteiger partial charge in [-0.05, 0) is 55.0 Å². The highest BCUT2D eigenvalue weighted by Crippen LogP contribution is 2.49. The van der Waals surface area contributed by atoms with Gasteiger partial charge in [-0.3, -0.25) is 0 Å². The second-order valence-electron chi connectivity index (χ2n) is 7.03. The van der Waals surface area contributed by atoms with E-state index in [0.29, 0.717) is 16.8 Å². The van der Waals surface area contributed by atoms with Gasteiger partial charge in [0.2, 0.25) is 0 Å². The Hall–Kier alpha value is -1.51. The molecule has 2 saturated carbocycles. The predicted octanol–water partition coefficient (Wildman–Crippen LogP) is 4.89. The lowest BCUT2D eigenvalue weighted by molar-refractivity contribution is 0.328. The van der Waals surface area contributed by atoms with E-state index in [1.807, 2.05) is 36.4 Å². The number of hydrogen-bond donors (Lipinski definition) is 2. The van der Waals surface area contributed by atoms with Crippen molar-refractivity contribution in [3.63, 3.8) is 0 Å². The predicted molar refractivity (Wildman–Crippen MR) is 95.1 cm³/mol. The Morgan fingerprint density at radius 3 is 2.57 bits per heavy atom. The molecule has 2 nitrogen and oxygen atoms in total. The summed E-state index contributed by atoms with van der Waals surface area (Å²) in [5.41, 5.74) is 3.30. The Morgan fingerprint density at radius 2 is 1.96 bits per heavy atom. The zero-order valence-electron chi connectivity index (χ0n) is 13.2. The van der Waals surface area contributed by atoms with Crippen LogP contribution >= 0.6 is 11.6 Å². The largest absolute Gasteiger partial charge is 0.507 e. The summed E-state index contributed by atoms with van der Waals surface area (Å²) in [6.07, 6.45) is 6.41. The molecule has 2 aliphatic rings. The third-order valence-corrected chi connectivity index (χ3v) is 5.67. The Morgan fingerprint density at radius 1 is 1.13 bits per heavy atom. The number of halogens is 1. The SMILES string of the molecule is Oc1cc(C2(CNC3CCC3)CC2)ccc1-c1cccc(Cl)c1.